The molecule has 2 N–H and O–H groups in total. The van der Waals surface area contributed by atoms with E-state index in [9.17, 15) is 19.2 Å². The number of hydrogen-bond donors (Lipinski definition) is 0. The number of nitrogens with one attached hydrogen (secondary N) is 2. The third-order valence-electron chi connectivity index (χ3n) is 5.67. The normalized spacial score (nSPS) is 8.86. The third-order valence-corrected chi connectivity index (χ3v) is 5.67. The van der Waals surface area contributed by atoms with Crippen molar-refractivity contribution >= 4 is 23.6 Å². The summed E-state index contributed by atoms with van der Waals surface area (Å²) in [5, 5.41) is 0. The molecule has 0 saturated carbocycles. The molecule has 3 rings (SSSR count). The van der Waals surface area contributed by atoms with Crippen LogP contribution in [0.1, 0.15) is 101 Å². The molecule has 9 heteroatoms. The fraction of sp³-hybridized carbons (Fsp3) is 0.353. The SMILES string of the molecule is CC.CC.CC.COC(=O)c1cc(-c2ccc(-c3cc(C(=O)OC)c(C([NH-])=O)cc3C)cc2)c(C)cc1C(C)=O.C[NH-].[Y]. The minimum Gasteiger partial charge on any atom is -0.680 e. The number of carbonyl (C=O) groups is 4. The van der Waals surface area contributed by atoms with Crippen LogP contribution in [0.15, 0.2) is 48.5 Å². The van der Waals surface area contributed by atoms with E-state index in [0.717, 1.165) is 33.4 Å². The van der Waals surface area contributed by atoms with Gasteiger partial charge in [-0.05, 0) is 78.4 Å². The summed E-state index contributed by atoms with van der Waals surface area (Å²) in [6.07, 6.45) is 0. The van der Waals surface area contributed by atoms with Crippen LogP contribution in [0, 0.1) is 13.8 Å². The average Bonchev–Trinajstić information content (AvgIpc) is 3.03. The van der Waals surface area contributed by atoms with Crippen molar-refractivity contribution in [2.45, 2.75) is 62.3 Å². The minimum atomic E-state index is -0.962. The van der Waals surface area contributed by atoms with Gasteiger partial charge >= 0.3 is 11.9 Å². The molecule has 1 amide bonds. The van der Waals surface area contributed by atoms with E-state index in [1.165, 1.54) is 34.3 Å². The van der Waals surface area contributed by atoms with Crippen molar-refractivity contribution in [1.29, 1.82) is 0 Å². The molecule has 3 aromatic carbocycles. The second-order valence-corrected chi connectivity index (χ2v) is 7.87. The Hall–Kier alpha value is -3.20. The molecule has 0 fully saturated rings. The summed E-state index contributed by atoms with van der Waals surface area (Å²) in [7, 11) is 3.74. The van der Waals surface area contributed by atoms with E-state index in [1.54, 1.807) is 25.1 Å². The summed E-state index contributed by atoms with van der Waals surface area (Å²) >= 11 is 0. The number of hydrogen-bond acceptors (Lipinski definition) is 6. The number of amides is 1. The molecule has 8 nitrogen and oxygen atoms in total. The van der Waals surface area contributed by atoms with Crippen molar-refractivity contribution in [3.05, 3.63) is 93.4 Å². The molecule has 0 spiro atoms. The number of benzene rings is 3. The molecular formula is C34H46N2O6Y-2. The van der Waals surface area contributed by atoms with E-state index in [1.807, 2.05) is 72.7 Å². The minimum absolute atomic E-state index is 0. The molecule has 0 aliphatic rings. The van der Waals surface area contributed by atoms with Crippen molar-refractivity contribution in [2.24, 2.45) is 0 Å². The van der Waals surface area contributed by atoms with Crippen LogP contribution in [-0.2, 0) is 42.2 Å². The molecule has 0 heterocycles. The van der Waals surface area contributed by atoms with E-state index in [0.29, 0.717) is 5.56 Å². The van der Waals surface area contributed by atoms with Gasteiger partial charge in [0, 0.05) is 43.8 Å². The summed E-state index contributed by atoms with van der Waals surface area (Å²) in [6, 6.07) is 13.9. The van der Waals surface area contributed by atoms with Gasteiger partial charge in [-0.25, -0.2) is 9.59 Å². The maximum absolute atomic E-state index is 12.2. The predicted octanol–water partition coefficient (Wildman–Crippen LogP) is 9.35. The van der Waals surface area contributed by atoms with Gasteiger partial charge in [0.1, 0.15) is 0 Å². The Bertz CT molecular complexity index is 1230. The molecule has 0 unspecified atom stereocenters. The Morgan fingerprint density at radius 2 is 0.884 bits per heavy atom. The zero-order chi connectivity index (χ0) is 33.2. The first-order valence-corrected chi connectivity index (χ1v) is 13.9. The summed E-state index contributed by atoms with van der Waals surface area (Å²) in [4.78, 5) is 48.1. The molecule has 0 aliphatic carbocycles. The second-order valence-electron chi connectivity index (χ2n) is 7.87. The van der Waals surface area contributed by atoms with Gasteiger partial charge in [0.15, 0.2) is 5.78 Å². The molecule has 1 radical (unpaired) electrons. The molecule has 43 heavy (non-hydrogen) atoms. The summed E-state index contributed by atoms with van der Waals surface area (Å²) < 4.78 is 9.63. The average molecular weight is 668 g/mol. The molecule has 233 valence electrons. The molecule has 3 aromatic rings. The maximum Gasteiger partial charge on any atom is 0.338 e. The largest absolute Gasteiger partial charge is 0.680 e. The van der Waals surface area contributed by atoms with Crippen LogP contribution >= 0.6 is 0 Å². The van der Waals surface area contributed by atoms with E-state index in [4.69, 9.17) is 20.9 Å². The van der Waals surface area contributed by atoms with Crippen molar-refractivity contribution in [3.8, 4) is 22.3 Å². The van der Waals surface area contributed by atoms with Crippen molar-refractivity contribution in [2.75, 3.05) is 21.3 Å². The summed E-state index contributed by atoms with van der Waals surface area (Å²) in [5.74, 6) is -2.46. The number of aryl methyl sites for hydroxylation is 2. The van der Waals surface area contributed by atoms with Gasteiger partial charge in [-0.1, -0.05) is 65.8 Å². The van der Waals surface area contributed by atoms with Crippen LogP contribution in [0.2, 0.25) is 0 Å². The standard InChI is InChI=1S/C27H25NO6.3C2H6.CH4N.Y/c1-14-10-21(16(3)29)23(26(31)33-4)12-19(14)17-6-8-18(9-7-17)20-13-24(27(32)34-5)22(25(28)30)11-15(20)2;4*1-2;/h6-13H,1-5H3,(H2,28,30);3*1-2H3;2H,1H3;/q;;;;-1;/p-1. The topological polar surface area (TPSA) is 134 Å². The number of ether oxygens (including phenoxy) is 2. The Labute approximate surface area is 282 Å². The van der Waals surface area contributed by atoms with Crippen molar-refractivity contribution < 1.29 is 61.4 Å². The zero-order valence-electron chi connectivity index (χ0n) is 27.6. The molecule has 0 aliphatic heterocycles. The van der Waals surface area contributed by atoms with Gasteiger partial charge in [0.2, 0.25) is 0 Å². The van der Waals surface area contributed by atoms with E-state index >= 15 is 0 Å². The smallest absolute Gasteiger partial charge is 0.338 e. The first-order chi connectivity index (χ1) is 20.1. The molecular weight excluding hydrogens is 621 g/mol. The Morgan fingerprint density at radius 1 is 0.581 bits per heavy atom. The second kappa shape index (κ2) is 23.3. The number of ketones is 1. The first-order valence-electron chi connectivity index (χ1n) is 13.9. The monoisotopic (exact) mass is 667 g/mol. The first kappa shape index (κ1) is 44.2. The van der Waals surface area contributed by atoms with Gasteiger partial charge in [-0.2, -0.15) is 7.05 Å². The van der Waals surface area contributed by atoms with Crippen molar-refractivity contribution in [3.63, 3.8) is 0 Å². The number of esters is 2. The third kappa shape index (κ3) is 11.8. The van der Waals surface area contributed by atoms with Gasteiger partial charge in [-0.15, -0.1) is 0 Å². The van der Waals surface area contributed by atoms with Gasteiger partial charge in [-0.3, -0.25) is 4.79 Å². The van der Waals surface area contributed by atoms with Crippen molar-refractivity contribution in [1.82, 2.24) is 0 Å². The van der Waals surface area contributed by atoms with Crippen LogP contribution in [-0.4, -0.2) is 44.9 Å². The molecule has 0 saturated heterocycles. The maximum atomic E-state index is 12.2. The van der Waals surface area contributed by atoms with Crippen LogP contribution in [0.25, 0.3) is 33.7 Å². The van der Waals surface area contributed by atoms with Crippen LogP contribution in [0.4, 0.5) is 0 Å². The van der Waals surface area contributed by atoms with Gasteiger partial charge < -0.3 is 25.7 Å². The summed E-state index contributed by atoms with van der Waals surface area (Å²) in [5.41, 5.74) is 18.4. The molecule has 0 aromatic heterocycles. The van der Waals surface area contributed by atoms with Crippen LogP contribution in [0.3, 0.4) is 0 Å². The van der Waals surface area contributed by atoms with Gasteiger partial charge in [0.25, 0.3) is 0 Å². The van der Waals surface area contributed by atoms with Gasteiger partial charge in [0.05, 0.1) is 31.3 Å². The fourth-order valence-electron chi connectivity index (χ4n) is 3.90. The summed E-state index contributed by atoms with van der Waals surface area (Å²) in [6.45, 7) is 17.1. The molecule has 0 atom stereocenters. The van der Waals surface area contributed by atoms with E-state index < -0.39 is 17.8 Å². The Kier molecular flexibility index (Phi) is 24.0. The Balaban J connectivity index is -0.00000164. The number of Topliss-reactive ketones (excluding diaryl/α,β-unsaturated/α-hetero) is 1. The quantitative estimate of drug-likeness (QED) is 0.190. The fourth-order valence-corrected chi connectivity index (χ4v) is 3.90. The number of rotatable bonds is 6. The van der Waals surface area contributed by atoms with Crippen LogP contribution in [0.5, 0.6) is 0 Å². The zero-order valence-corrected chi connectivity index (χ0v) is 30.5. The number of carbonyl (C=O) groups excluding carboxylic acids is 4. The number of methoxy groups -OCH3 is 2. The van der Waals surface area contributed by atoms with E-state index in [-0.39, 0.29) is 55.2 Å². The molecule has 0 bridgehead atoms. The van der Waals surface area contributed by atoms with E-state index in [2.05, 4.69) is 0 Å². The predicted molar refractivity (Wildman–Crippen MR) is 172 cm³/mol. The van der Waals surface area contributed by atoms with Crippen LogP contribution < -0.4 is 0 Å². The Morgan fingerprint density at radius 3 is 1.16 bits per heavy atom.